The average Bonchev–Trinajstić information content (AvgIpc) is 3.18. The van der Waals surface area contributed by atoms with E-state index in [1.54, 1.807) is 19.1 Å². The van der Waals surface area contributed by atoms with Gasteiger partial charge < -0.3 is 15.3 Å². The van der Waals surface area contributed by atoms with Crippen LogP contribution in [0.2, 0.25) is 0 Å². The van der Waals surface area contributed by atoms with E-state index in [1.807, 2.05) is 0 Å². The van der Waals surface area contributed by atoms with Crippen LogP contribution >= 0.6 is 0 Å². The van der Waals surface area contributed by atoms with Crippen LogP contribution in [0.3, 0.4) is 0 Å². The summed E-state index contributed by atoms with van der Waals surface area (Å²) in [6.45, 7) is 2.22. The van der Waals surface area contributed by atoms with Crippen LogP contribution < -0.4 is 10.0 Å². The van der Waals surface area contributed by atoms with E-state index in [0.717, 1.165) is 12.8 Å². The molecule has 9 heteroatoms. The van der Waals surface area contributed by atoms with Crippen molar-refractivity contribution in [2.45, 2.75) is 37.1 Å². The lowest BCUT2D eigenvalue weighted by Crippen LogP contribution is -2.34. The van der Waals surface area contributed by atoms with Crippen LogP contribution in [0.1, 0.15) is 24.8 Å². The molecule has 2 amide bonds. The van der Waals surface area contributed by atoms with Crippen molar-refractivity contribution >= 4 is 27.7 Å². The third kappa shape index (κ3) is 4.10. The number of carboxylic acids is 1. The summed E-state index contributed by atoms with van der Waals surface area (Å²) in [5.74, 6) is -1.47. The largest absolute Gasteiger partial charge is 0.481 e. The van der Waals surface area contributed by atoms with Gasteiger partial charge >= 0.3 is 12.0 Å². The molecular formula is C16H21N3O5S. The molecule has 1 atom stereocenters. The molecule has 25 heavy (non-hydrogen) atoms. The first-order chi connectivity index (χ1) is 11.8. The van der Waals surface area contributed by atoms with Crippen molar-refractivity contribution in [3.63, 3.8) is 0 Å². The Morgan fingerprint density at radius 1 is 1.24 bits per heavy atom. The molecule has 3 N–H and O–H groups in total. The van der Waals surface area contributed by atoms with Gasteiger partial charge in [-0.2, -0.15) is 0 Å². The lowest BCUT2D eigenvalue weighted by molar-refractivity contribution is -0.141. The second-order valence-electron chi connectivity index (χ2n) is 6.58. The van der Waals surface area contributed by atoms with E-state index in [0.29, 0.717) is 24.2 Å². The second-order valence-corrected chi connectivity index (χ2v) is 8.26. The van der Waals surface area contributed by atoms with Gasteiger partial charge in [0.05, 0.1) is 10.8 Å². The molecule has 136 valence electrons. The molecule has 1 aliphatic carbocycles. The van der Waals surface area contributed by atoms with Crippen molar-refractivity contribution in [2.75, 3.05) is 18.4 Å². The SMILES string of the molecule is Cc1ccc(NC(=O)N2CCC(C(=O)O)C2)cc1S(=O)(=O)NC1CC1. The quantitative estimate of drug-likeness (QED) is 0.727. The number of amides is 2. The zero-order valence-corrected chi connectivity index (χ0v) is 14.7. The highest BCUT2D eigenvalue weighted by molar-refractivity contribution is 7.89. The summed E-state index contributed by atoms with van der Waals surface area (Å²) in [6.07, 6.45) is 2.10. The summed E-state index contributed by atoms with van der Waals surface area (Å²) < 4.78 is 27.5. The van der Waals surface area contributed by atoms with Gasteiger partial charge in [0.1, 0.15) is 0 Å². The second kappa shape index (κ2) is 6.64. The van der Waals surface area contributed by atoms with E-state index in [4.69, 9.17) is 5.11 Å². The summed E-state index contributed by atoms with van der Waals surface area (Å²) in [5, 5.41) is 11.7. The van der Waals surface area contributed by atoms with E-state index in [9.17, 15) is 18.0 Å². The van der Waals surface area contributed by atoms with Crippen LogP contribution in [0.25, 0.3) is 0 Å². The number of nitrogens with zero attached hydrogens (tertiary/aromatic N) is 1. The molecule has 1 aliphatic heterocycles. The van der Waals surface area contributed by atoms with Crippen LogP contribution in [-0.2, 0) is 14.8 Å². The molecular weight excluding hydrogens is 346 g/mol. The number of rotatable bonds is 5. The monoisotopic (exact) mass is 367 g/mol. The Bertz CT molecular complexity index is 804. The van der Waals surface area contributed by atoms with E-state index in [-0.39, 0.29) is 17.5 Å². The first-order valence-electron chi connectivity index (χ1n) is 8.18. The third-order valence-electron chi connectivity index (χ3n) is 4.45. The summed E-state index contributed by atoms with van der Waals surface area (Å²) >= 11 is 0. The van der Waals surface area contributed by atoms with Gasteiger partial charge in [-0.25, -0.2) is 17.9 Å². The number of hydrogen-bond donors (Lipinski definition) is 3. The van der Waals surface area contributed by atoms with Gasteiger partial charge in [0, 0.05) is 24.8 Å². The van der Waals surface area contributed by atoms with Crippen LogP contribution in [0.4, 0.5) is 10.5 Å². The van der Waals surface area contributed by atoms with Gasteiger partial charge in [0.15, 0.2) is 0 Å². The molecule has 1 unspecified atom stereocenters. The van der Waals surface area contributed by atoms with Crippen molar-refractivity contribution in [3.05, 3.63) is 23.8 Å². The Kier molecular flexibility index (Phi) is 4.70. The number of nitrogens with one attached hydrogen (secondary N) is 2. The van der Waals surface area contributed by atoms with E-state index >= 15 is 0 Å². The first-order valence-corrected chi connectivity index (χ1v) is 9.66. The van der Waals surface area contributed by atoms with Crippen molar-refractivity contribution in [2.24, 2.45) is 5.92 Å². The molecule has 1 aromatic carbocycles. The molecule has 2 aliphatic rings. The number of carboxylic acid groups (broad SMARTS) is 1. The number of aliphatic carboxylic acids is 1. The van der Waals surface area contributed by atoms with Gasteiger partial charge in [0.25, 0.3) is 0 Å². The molecule has 0 bridgehead atoms. The fourth-order valence-corrected chi connectivity index (χ4v) is 4.38. The highest BCUT2D eigenvalue weighted by Crippen LogP contribution is 2.26. The molecule has 0 radical (unpaired) electrons. The number of likely N-dealkylation sites (tertiary alicyclic amines) is 1. The van der Waals surface area contributed by atoms with E-state index < -0.39 is 27.9 Å². The Labute approximate surface area is 146 Å². The van der Waals surface area contributed by atoms with Crippen molar-refractivity contribution in [1.82, 2.24) is 9.62 Å². The number of carbonyl (C=O) groups excluding carboxylic acids is 1. The normalized spacial score (nSPS) is 20.5. The number of hydrogen-bond acceptors (Lipinski definition) is 4. The zero-order chi connectivity index (χ0) is 18.2. The van der Waals surface area contributed by atoms with Crippen LogP contribution in [-0.4, -0.2) is 49.6 Å². The first kappa shape index (κ1) is 17.7. The van der Waals surface area contributed by atoms with Gasteiger partial charge in [-0.15, -0.1) is 0 Å². The molecule has 1 saturated heterocycles. The van der Waals surface area contributed by atoms with Gasteiger partial charge in [-0.3, -0.25) is 4.79 Å². The lowest BCUT2D eigenvalue weighted by Gasteiger charge is -2.17. The Balaban J connectivity index is 1.72. The standard InChI is InChI=1S/C16H21N3O5S/c1-10-2-3-13(8-14(10)25(23,24)18-12-4-5-12)17-16(22)19-7-6-11(9-19)15(20)21/h2-3,8,11-12,18H,4-7,9H2,1H3,(H,17,22)(H,20,21). The van der Waals surface area contributed by atoms with Crippen molar-refractivity contribution in [3.8, 4) is 0 Å². The number of benzene rings is 1. The fraction of sp³-hybridized carbons (Fsp3) is 0.500. The van der Waals surface area contributed by atoms with E-state index in [1.165, 1.54) is 11.0 Å². The fourth-order valence-electron chi connectivity index (χ4n) is 2.80. The maximum absolute atomic E-state index is 12.4. The Morgan fingerprint density at radius 2 is 1.96 bits per heavy atom. The Morgan fingerprint density at radius 3 is 2.56 bits per heavy atom. The maximum Gasteiger partial charge on any atom is 0.321 e. The molecule has 0 spiro atoms. The number of aryl methyl sites for hydroxylation is 1. The molecule has 1 heterocycles. The molecule has 0 aromatic heterocycles. The predicted molar refractivity (Wildman–Crippen MR) is 90.9 cm³/mol. The smallest absolute Gasteiger partial charge is 0.321 e. The summed E-state index contributed by atoms with van der Waals surface area (Å²) in [4.78, 5) is 24.8. The topological polar surface area (TPSA) is 116 Å². The molecule has 1 aromatic rings. The minimum Gasteiger partial charge on any atom is -0.481 e. The predicted octanol–water partition coefficient (Wildman–Crippen LogP) is 1.37. The van der Waals surface area contributed by atoms with Crippen molar-refractivity contribution in [1.29, 1.82) is 0 Å². The number of anilines is 1. The van der Waals surface area contributed by atoms with Gasteiger partial charge in [-0.05, 0) is 43.9 Å². The number of sulfonamides is 1. The summed E-state index contributed by atoms with van der Waals surface area (Å²) in [5.41, 5.74) is 0.962. The molecule has 3 rings (SSSR count). The van der Waals surface area contributed by atoms with Crippen LogP contribution in [0.5, 0.6) is 0 Å². The third-order valence-corrected chi connectivity index (χ3v) is 6.12. The maximum atomic E-state index is 12.4. The highest BCUT2D eigenvalue weighted by atomic mass is 32.2. The van der Waals surface area contributed by atoms with Gasteiger partial charge in [-0.1, -0.05) is 6.07 Å². The van der Waals surface area contributed by atoms with E-state index in [2.05, 4.69) is 10.0 Å². The lowest BCUT2D eigenvalue weighted by atomic mass is 10.1. The van der Waals surface area contributed by atoms with Gasteiger partial charge in [0.2, 0.25) is 10.0 Å². The Hall–Kier alpha value is -2.13. The van der Waals surface area contributed by atoms with Crippen molar-refractivity contribution < 1.29 is 23.1 Å². The summed E-state index contributed by atoms with van der Waals surface area (Å²) in [6, 6.07) is 4.28. The molecule has 2 fully saturated rings. The minimum absolute atomic E-state index is 0.000185. The average molecular weight is 367 g/mol. The molecule has 1 saturated carbocycles. The number of urea groups is 1. The molecule has 8 nitrogen and oxygen atoms in total. The highest BCUT2D eigenvalue weighted by Gasteiger charge is 2.31. The van der Waals surface area contributed by atoms with Crippen LogP contribution in [0.15, 0.2) is 23.1 Å². The van der Waals surface area contributed by atoms with Crippen LogP contribution in [0, 0.1) is 12.8 Å². The summed E-state index contributed by atoms with van der Waals surface area (Å²) in [7, 11) is -3.62. The number of carbonyl (C=O) groups is 2. The minimum atomic E-state index is -3.62. The zero-order valence-electron chi connectivity index (χ0n) is 13.9.